The number of carbonyl (C=O) groups is 2. The smallest absolute Gasteiger partial charge is 0.310 e. The van der Waals surface area contributed by atoms with E-state index in [-0.39, 0.29) is 25.1 Å². The van der Waals surface area contributed by atoms with Gasteiger partial charge in [0.25, 0.3) is 0 Å². The summed E-state index contributed by atoms with van der Waals surface area (Å²) < 4.78 is 30.5. The summed E-state index contributed by atoms with van der Waals surface area (Å²) in [5.74, 6) is -1.61. The standard InChI is InChI=1S/C13H23NO6S/c1-20-11(15)6-5-9-21(18,19)14-10-13(12(16)17)7-3-2-4-8-13/h14H,2-10H2,1H3,(H,16,17). The summed E-state index contributed by atoms with van der Waals surface area (Å²) in [5, 5.41) is 9.37. The van der Waals surface area contributed by atoms with Crippen LogP contribution in [0.15, 0.2) is 0 Å². The fourth-order valence-electron chi connectivity index (χ4n) is 2.52. The number of ether oxygens (including phenoxy) is 1. The van der Waals surface area contributed by atoms with Gasteiger partial charge >= 0.3 is 11.9 Å². The number of carbonyl (C=O) groups excluding carboxylic acids is 1. The lowest BCUT2D eigenvalue weighted by Crippen LogP contribution is -2.44. The zero-order chi connectivity index (χ0) is 15.9. The molecule has 0 aromatic carbocycles. The van der Waals surface area contributed by atoms with Crippen LogP contribution in [-0.2, 0) is 24.3 Å². The van der Waals surface area contributed by atoms with Crippen LogP contribution in [0.5, 0.6) is 0 Å². The average Bonchev–Trinajstić information content (AvgIpc) is 2.45. The second-order valence-corrected chi connectivity index (χ2v) is 7.39. The summed E-state index contributed by atoms with van der Waals surface area (Å²) in [5.41, 5.74) is -0.992. The Morgan fingerprint density at radius 2 is 1.86 bits per heavy atom. The van der Waals surface area contributed by atoms with Crippen LogP contribution in [0.3, 0.4) is 0 Å². The molecule has 122 valence electrons. The Balaban J connectivity index is 2.50. The number of rotatable bonds is 8. The summed E-state index contributed by atoms with van der Waals surface area (Å²) in [6.07, 6.45) is 3.76. The molecule has 0 amide bonds. The lowest BCUT2D eigenvalue weighted by atomic mass is 9.74. The molecule has 1 saturated carbocycles. The molecule has 1 rings (SSSR count). The molecule has 0 bridgehead atoms. The molecule has 1 fully saturated rings. The fraction of sp³-hybridized carbons (Fsp3) is 0.846. The van der Waals surface area contributed by atoms with Crippen molar-refractivity contribution in [3.05, 3.63) is 0 Å². The summed E-state index contributed by atoms with van der Waals surface area (Å²) in [6.45, 7) is -0.0805. The molecule has 1 aliphatic carbocycles. The maximum absolute atomic E-state index is 11.9. The maximum atomic E-state index is 11.9. The molecular weight excluding hydrogens is 298 g/mol. The summed E-state index contributed by atoms with van der Waals surface area (Å²) in [7, 11) is -2.33. The van der Waals surface area contributed by atoms with Crippen LogP contribution in [0, 0.1) is 5.41 Å². The van der Waals surface area contributed by atoms with E-state index in [2.05, 4.69) is 9.46 Å². The maximum Gasteiger partial charge on any atom is 0.310 e. The molecule has 8 heteroatoms. The van der Waals surface area contributed by atoms with Crippen molar-refractivity contribution in [1.82, 2.24) is 4.72 Å². The SMILES string of the molecule is COC(=O)CCCS(=O)(=O)NCC1(C(=O)O)CCCCC1. The quantitative estimate of drug-likeness (QED) is 0.643. The van der Waals surface area contributed by atoms with Crippen molar-refractivity contribution >= 4 is 22.0 Å². The van der Waals surface area contributed by atoms with Crippen molar-refractivity contribution < 1.29 is 27.9 Å². The Hall–Kier alpha value is -1.15. The zero-order valence-corrected chi connectivity index (χ0v) is 13.1. The van der Waals surface area contributed by atoms with E-state index in [1.807, 2.05) is 0 Å². The molecular formula is C13H23NO6S. The molecule has 0 spiro atoms. The first-order chi connectivity index (χ1) is 9.81. The van der Waals surface area contributed by atoms with Crippen LogP contribution in [-0.4, -0.2) is 44.9 Å². The van der Waals surface area contributed by atoms with Crippen molar-refractivity contribution in [2.45, 2.75) is 44.9 Å². The van der Waals surface area contributed by atoms with Crippen LogP contribution < -0.4 is 4.72 Å². The molecule has 1 aliphatic rings. The monoisotopic (exact) mass is 321 g/mol. The van der Waals surface area contributed by atoms with E-state index in [0.717, 1.165) is 19.3 Å². The van der Waals surface area contributed by atoms with Gasteiger partial charge in [0.1, 0.15) is 0 Å². The van der Waals surface area contributed by atoms with E-state index in [4.69, 9.17) is 0 Å². The number of esters is 1. The van der Waals surface area contributed by atoms with E-state index in [0.29, 0.717) is 12.8 Å². The van der Waals surface area contributed by atoms with Crippen molar-refractivity contribution in [3.8, 4) is 0 Å². The van der Waals surface area contributed by atoms with E-state index in [9.17, 15) is 23.1 Å². The normalized spacial score (nSPS) is 18.1. The highest BCUT2D eigenvalue weighted by atomic mass is 32.2. The number of aliphatic carboxylic acids is 1. The summed E-state index contributed by atoms with van der Waals surface area (Å²) in [6, 6.07) is 0. The predicted octanol–water partition coefficient (Wildman–Crippen LogP) is 0.894. The topological polar surface area (TPSA) is 110 Å². The second-order valence-electron chi connectivity index (χ2n) is 5.47. The van der Waals surface area contributed by atoms with Gasteiger partial charge in [-0.3, -0.25) is 9.59 Å². The molecule has 0 saturated heterocycles. The lowest BCUT2D eigenvalue weighted by molar-refractivity contribution is -0.150. The van der Waals surface area contributed by atoms with Crippen molar-refractivity contribution in [3.63, 3.8) is 0 Å². The molecule has 2 N–H and O–H groups in total. The molecule has 7 nitrogen and oxygen atoms in total. The summed E-state index contributed by atoms with van der Waals surface area (Å²) in [4.78, 5) is 22.4. The largest absolute Gasteiger partial charge is 0.481 e. The Labute approximate surface area is 125 Å². The molecule has 0 radical (unpaired) electrons. The number of carboxylic acid groups (broad SMARTS) is 1. The first-order valence-corrected chi connectivity index (χ1v) is 8.74. The molecule has 0 atom stereocenters. The third-order valence-corrected chi connectivity index (χ3v) is 5.33. The van der Waals surface area contributed by atoms with Gasteiger partial charge in [0.15, 0.2) is 0 Å². The molecule has 0 aromatic rings. The van der Waals surface area contributed by atoms with E-state index in [1.165, 1.54) is 7.11 Å². The van der Waals surface area contributed by atoms with Crippen LogP contribution in [0.1, 0.15) is 44.9 Å². The molecule has 0 aliphatic heterocycles. The van der Waals surface area contributed by atoms with Crippen LogP contribution in [0.2, 0.25) is 0 Å². The second kappa shape index (κ2) is 7.74. The van der Waals surface area contributed by atoms with E-state index < -0.39 is 27.4 Å². The Morgan fingerprint density at radius 3 is 2.38 bits per heavy atom. The van der Waals surface area contributed by atoms with Gasteiger partial charge in [-0.2, -0.15) is 0 Å². The number of hydrogen-bond acceptors (Lipinski definition) is 5. The Morgan fingerprint density at radius 1 is 1.24 bits per heavy atom. The van der Waals surface area contributed by atoms with Crippen molar-refractivity contribution in [1.29, 1.82) is 0 Å². The molecule has 0 heterocycles. The zero-order valence-electron chi connectivity index (χ0n) is 12.3. The van der Waals surface area contributed by atoms with Crippen LogP contribution in [0.25, 0.3) is 0 Å². The van der Waals surface area contributed by atoms with Gasteiger partial charge in [-0.25, -0.2) is 13.1 Å². The Bertz CT molecular complexity index is 467. The van der Waals surface area contributed by atoms with Gasteiger partial charge in [-0.1, -0.05) is 19.3 Å². The minimum atomic E-state index is -3.58. The minimum absolute atomic E-state index is 0.0292. The predicted molar refractivity (Wildman–Crippen MR) is 76.2 cm³/mol. The number of sulfonamides is 1. The number of nitrogens with one attached hydrogen (secondary N) is 1. The fourth-order valence-corrected chi connectivity index (χ4v) is 3.69. The van der Waals surface area contributed by atoms with Gasteiger partial charge in [0, 0.05) is 13.0 Å². The number of carboxylic acids is 1. The number of hydrogen-bond donors (Lipinski definition) is 2. The molecule has 21 heavy (non-hydrogen) atoms. The van der Waals surface area contributed by atoms with Crippen molar-refractivity contribution in [2.24, 2.45) is 5.41 Å². The summed E-state index contributed by atoms with van der Waals surface area (Å²) >= 11 is 0. The van der Waals surface area contributed by atoms with Gasteiger partial charge in [-0.05, 0) is 19.3 Å². The number of methoxy groups -OCH3 is 1. The first kappa shape index (κ1) is 17.9. The highest BCUT2D eigenvalue weighted by Crippen LogP contribution is 2.36. The Kier molecular flexibility index (Phi) is 6.60. The van der Waals surface area contributed by atoms with E-state index in [1.54, 1.807) is 0 Å². The van der Waals surface area contributed by atoms with Gasteiger partial charge < -0.3 is 9.84 Å². The van der Waals surface area contributed by atoms with Gasteiger partial charge in [-0.15, -0.1) is 0 Å². The van der Waals surface area contributed by atoms with Crippen LogP contribution in [0.4, 0.5) is 0 Å². The minimum Gasteiger partial charge on any atom is -0.481 e. The van der Waals surface area contributed by atoms with Crippen LogP contribution >= 0.6 is 0 Å². The van der Waals surface area contributed by atoms with Gasteiger partial charge in [0.2, 0.25) is 10.0 Å². The third-order valence-electron chi connectivity index (χ3n) is 3.92. The third kappa shape index (κ3) is 5.62. The first-order valence-electron chi connectivity index (χ1n) is 7.09. The van der Waals surface area contributed by atoms with E-state index >= 15 is 0 Å². The van der Waals surface area contributed by atoms with Gasteiger partial charge in [0.05, 0.1) is 18.3 Å². The average molecular weight is 321 g/mol. The molecule has 0 unspecified atom stereocenters. The molecule has 0 aromatic heterocycles. The van der Waals surface area contributed by atoms with Crippen molar-refractivity contribution in [2.75, 3.05) is 19.4 Å². The lowest BCUT2D eigenvalue weighted by Gasteiger charge is -2.33. The highest BCUT2D eigenvalue weighted by molar-refractivity contribution is 7.89. The highest BCUT2D eigenvalue weighted by Gasteiger charge is 2.40.